The van der Waals surface area contributed by atoms with Crippen molar-refractivity contribution >= 4 is 29.9 Å². The largest absolute Gasteiger partial charge is 0.336 e. The molecule has 0 unspecified atom stereocenters. The quantitative estimate of drug-likeness (QED) is 0.852. The molecule has 17 heavy (non-hydrogen) atoms. The van der Waals surface area contributed by atoms with Crippen molar-refractivity contribution in [3.63, 3.8) is 0 Å². The highest BCUT2D eigenvalue weighted by Crippen LogP contribution is 2.19. The van der Waals surface area contributed by atoms with Gasteiger partial charge in [0.2, 0.25) is 0 Å². The number of nitrogens with one attached hydrogen (secondary N) is 1. The minimum atomic E-state index is -0.632. The molecule has 0 aromatic heterocycles. The van der Waals surface area contributed by atoms with Gasteiger partial charge >= 0.3 is 0 Å². The van der Waals surface area contributed by atoms with Crippen molar-refractivity contribution in [2.75, 3.05) is 26.2 Å². The van der Waals surface area contributed by atoms with Crippen LogP contribution in [0.15, 0.2) is 18.2 Å². The van der Waals surface area contributed by atoms with E-state index in [1.807, 2.05) is 0 Å². The second-order valence-corrected chi connectivity index (χ2v) is 4.05. The Morgan fingerprint density at radius 3 is 2.65 bits per heavy atom. The summed E-state index contributed by atoms with van der Waals surface area (Å²) >= 11 is 5.64. The average molecular weight is 279 g/mol. The van der Waals surface area contributed by atoms with Gasteiger partial charge in [-0.1, -0.05) is 17.7 Å². The SMILES string of the molecule is Cl.O=C(c1cccc(Cl)c1F)N1CCNCC1. The number of benzene rings is 1. The number of rotatable bonds is 1. The molecule has 0 aliphatic carbocycles. The zero-order valence-electron chi connectivity index (χ0n) is 9.08. The van der Waals surface area contributed by atoms with E-state index >= 15 is 0 Å². The molecule has 6 heteroatoms. The predicted molar refractivity (Wildman–Crippen MR) is 67.4 cm³/mol. The molecular formula is C11H13Cl2FN2O. The highest BCUT2D eigenvalue weighted by atomic mass is 35.5. The van der Waals surface area contributed by atoms with Crippen LogP contribution in [-0.4, -0.2) is 37.0 Å². The molecule has 1 aliphatic rings. The lowest BCUT2D eigenvalue weighted by Crippen LogP contribution is -2.46. The van der Waals surface area contributed by atoms with Crippen LogP contribution >= 0.6 is 24.0 Å². The maximum atomic E-state index is 13.6. The third-order valence-corrected chi connectivity index (χ3v) is 2.88. The zero-order chi connectivity index (χ0) is 11.5. The van der Waals surface area contributed by atoms with Crippen LogP contribution in [0.4, 0.5) is 4.39 Å². The van der Waals surface area contributed by atoms with Crippen molar-refractivity contribution in [2.24, 2.45) is 0 Å². The number of amides is 1. The Morgan fingerprint density at radius 1 is 1.35 bits per heavy atom. The van der Waals surface area contributed by atoms with Crippen LogP contribution < -0.4 is 5.32 Å². The van der Waals surface area contributed by atoms with Gasteiger partial charge < -0.3 is 10.2 Å². The van der Waals surface area contributed by atoms with E-state index in [-0.39, 0.29) is 28.9 Å². The first-order valence-corrected chi connectivity index (χ1v) is 5.52. The van der Waals surface area contributed by atoms with Crippen molar-refractivity contribution in [1.29, 1.82) is 0 Å². The molecule has 1 saturated heterocycles. The Labute approximate surface area is 110 Å². The van der Waals surface area contributed by atoms with E-state index in [1.54, 1.807) is 11.0 Å². The van der Waals surface area contributed by atoms with Crippen LogP contribution in [0.3, 0.4) is 0 Å². The summed E-state index contributed by atoms with van der Waals surface area (Å²) in [7, 11) is 0. The summed E-state index contributed by atoms with van der Waals surface area (Å²) in [5, 5.41) is 3.12. The van der Waals surface area contributed by atoms with Gasteiger partial charge in [-0.3, -0.25) is 4.79 Å². The number of carbonyl (C=O) groups excluding carboxylic acids is 1. The van der Waals surface area contributed by atoms with Crippen LogP contribution in [0.5, 0.6) is 0 Å². The Morgan fingerprint density at radius 2 is 2.00 bits per heavy atom. The van der Waals surface area contributed by atoms with E-state index in [1.165, 1.54) is 12.1 Å². The summed E-state index contributed by atoms with van der Waals surface area (Å²) in [4.78, 5) is 13.6. The van der Waals surface area contributed by atoms with E-state index in [2.05, 4.69) is 5.32 Å². The van der Waals surface area contributed by atoms with Crippen LogP contribution in [-0.2, 0) is 0 Å². The summed E-state index contributed by atoms with van der Waals surface area (Å²) in [5.74, 6) is -0.922. The standard InChI is InChI=1S/C11H12ClFN2O.ClH/c12-9-3-1-2-8(10(9)13)11(16)15-6-4-14-5-7-15;/h1-3,14H,4-7H2;1H. The molecule has 0 radical (unpaired) electrons. The average Bonchev–Trinajstić information content (AvgIpc) is 2.33. The molecule has 0 saturated carbocycles. The molecule has 3 nitrogen and oxygen atoms in total. The molecule has 1 aromatic carbocycles. The molecule has 1 fully saturated rings. The maximum Gasteiger partial charge on any atom is 0.256 e. The lowest BCUT2D eigenvalue weighted by Gasteiger charge is -2.27. The van der Waals surface area contributed by atoms with Crippen molar-refractivity contribution < 1.29 is 9.18 Å². The fraction of sp³-hybridized carbons (Fsp3) is 0.364. The minimum absolute atomic E-state index is 0. The van der Waals surface area contributed by atoms with Gasteiger partial charge in [0.1, 0.15) is 0 Å². The number of piperazine rings is 1. The second-order valence-electron chi connectivity index (χ2n) is 3.64. The monoisotopic (exact) mass is 278 g/mol. The summed E-state index contributed by atoms with van der Waals surface area (Å²) < 4.78 is 13.6. The number of hydrogen-bond donors (Lipinski definition) is 1. The van der Waals surface area contributed by atoms with Crippen molar-refractivity contribution in [2.45, 2.75) is 0 Å². The molecule has 1 N–H and O–H groups in total. The molecular weight excluding hydrogens is 266 g/mol. The van der Waals surface area contributed by atoms with Crippen LogP contribution in [0.25, 0.3) is 0 Å². The van der Waals surface area contributed by atoms with E-state index in [0.29, 0.717) is 13.1 Å². The molecule has 0 spiro atoms. The molecule has 1 aliphatic heterocycles. The lowest BCUT2D eigenvalue weighted by atomic mass is 10.1. The molecule has 0 atom stereocenters. The van der Waals surface area contributed by atoms with E-state index in [0.717, 1.165) is 13.1 Å². The first kappa shape index (κ1) is 14.2. The Balaban J connectivity index is 0.00000144. The third-order valence-electron chi connectivity index (χ3n) is 2.59. The van der Waals surface area contributed by atoms with E-state index in [9.17, 15) is 9.18 Å². The summed E-state index contributed by atoms with van der Waals surface area (Å²) in [6, 6.07) is 4.48. The van der Waals surface area contributed by atoms with Gasteiger partial charge in [-0.25, -0.2) is 4.39 Å². The van der Waals surface area contributed by atoms with Gasteiger partial charge in [0, 0.05) is 26.2 Å². The molecule has 1 heterocycles. The Hall–Kier alpha value is -0.840. The van der Waals surface area contributed by atoms with E-state index in [4.69, 9.17) is 11.6 Å². The van der Waals surface area contributed by atoms with Crippen LogP contribution in [0.1, 0.15) is 10.4 Å². The number of hydrogen-bond acceptors (Lipinski definition) is 2. The van der Waals surface area contributed by atoms with Gasteiger partial charge in [-0.15, -0.1) is 12.4 Å². The van der Waals surface area contributed by atoms with Crippen LogP contribution in [0.2, 0.25) is 5.02 Å². The Bertz CT molecular complexity index is 408. The van der Waals surface area contributed by atoms with Crippen LogP contribution in [0, 0.1) is 5.82 Å². The van der Waals surface area contributed by atoms with Gasteiger partial charge in [0.15, 0.2) is 5.82 Å². The molecule has 94 valence electrons. The summed E-state index contributed by atoms with van der Waals surface area (Å²) in [6.07, 6.45) is 0. The molecule has 2 rings (SSSR count). The first-order valence-electron chi connectivity index (χ1n) is 5.14. The predicted octanol–water partition coefficient (Wildman–Crippen LogP) is 1.95. The molecule has 1 aromatic rings. The Kier molecular flexibility index (Phi) is 5.18. The van der Waals surface area contributed by atoms with Crippen molar-refractivity contribution in [1.82, 2.24) is 10.2 Å². The maximum absolute atomic E-state index is 13.6. The van der Waals surface area contributed by atoms with Gasteiger partial charge in [-0.2, -0.15) is 0 Å². The van der Waals surface area contributed by atoms with Gasteiger partial charge in [0.05, 0.1) is 10.6 Å². The van der Waals surface area contributed by atoms with Gasteiger partial charge in [-0.05, 0) is 12.1 Å². The minimum Gasteiger partial charge on any atom is -0.336 e. The van der Waals surface area contributed by atoms with E-state index < -0.39 is 5.82 Å². The zero-order valence-corrected chi connectivity index (χ0v) is 10.7. The highest BCUT2D eigenvalue weighted by molar-refractivity contribution is 6.31. The summed E-state index contributed by atoms with van der Waals surface area (Å²) in [6.45, 7) is 2.69. The second kappa shape index (κ2) is 6.19. The summed E-state index contributed by atoms with van der Waals surface area (Å²) in [5.41, 5.74) is 0.0504. The smallest absolute Gasteiger partial charge is 0.256 e. The molecule has 0 bridgehead atoms. The fourth-order valence-electron chi connectivity index (χ4n) is 1.71. The number of nitrogens with zero attached hydrogens (tertiary/aromatic N) is 1. The molecule has 1 amide bonds. The fourth-order valence-corrected chi connectivity index (χ4v) is 1.88. The number of halogens is 3. The third kappa shape index (κ3) is 3.09. The van der Waals surface area contributed by atoms with Gasteiger partial charge in [0.25, 0.3) is 5.91 Å². The topological polar surface area (TPSA) is 32.3 Å². The first-order chi connectivity index (χ1) is 7.70. The lowest BCUT2D eigenvalue weighted by molar-refractivity contribution is 0.0731. The normalized spacial score (nSPS) is 15.3. The van der Waals surface area contributed by atoms with Crippen molar-refractivity contribution in [3.8, 4) is 0 Å². The highest BCUT2D eigenvalue weighted by Gasteiger charge is 2.21. The number of carbonyl (C=O) groups is 1. The van der Waals surface area contributed by atoms with Crippen molar-refractivity contribution in [3.05, 3.63) is 34.6 Å².